The number of hydrogen-bond donors (Lipinski definition) is 1. The lowest BCUT2D eigenvalue weighted by Gasteiger charge is -2.15. The molecule has 1 rings (SSSR count). The normalized spacial score (nSPS) is 13.2. The number of hydrogen-bond acceptors (Lipinski definition) is 2. The average Bonchev–Trinajstić information content (AvgIpc) is 2.27. The average molecular weight is 261 g/mol. The topological polar surface area (TPSA) is 40.5 Å². The van der Waals surface area contributed by atoms with Gasteiger partial charge in [-0.15, -0.1) is 0 Å². The number of benzene rings is 1. The Hall–Kier alpha value is -1.56. The van der Waals surface area contributed by atoms with Crippen LogP contribution in [0.15, 0.2) is 24.3 Å². The SMILES string of the molecule is CN(C)C(=O)C[C@@H](O)c1ccc(C(F)(F)F)cc1. The summed E-state index contributed by atoms with van der Waals surface area (Å²) in [5.41, 5.74) is -0.490. The minimum absolute atomic E-state index is 0.154. The molecule has 0 saturated heterocycles. The fourth-order valence-corrected chi connectivity index (χ4v) is 1.36. The third kappa shape index (κ3) is 3.73. The second kappa shape index (κ2) is 5.39. The molecule has 1 aromatic rings. The van der Waals surface area contributed by atoms with Crippen molar-refractivity contribution in [3.63, 3.8) is 0 Å². The number of alkyl halides is 3. The summed E-state index contributed by atoms with van der Waals surface area (Å²) in [4.78, 5) is 12.7. The van der Waals surface area contributed by atoms with Crippen molar-refractivity contribution in [3.05, 3.63) is 35.4 Å². The summed E-state index contributed by atoms with van der Waals surface area (Å²) in [6, 6.07) is 4.13. The van der Waals surface area contributed by atoms with E-state index < -0.39 is 17.8 Å². The zero-order chi connectivity index (χ0) is 13.9. The monoisotopic (exact) mass is 261 g/mol. The standard InChI is InChI=1S/C12H14F3NO2/c1-16(2)11(18)7-10(17)8-3-5-9(6-4-8)12(13,14)15/h3-6,10,17H,7H2,1-2H3/t10-/m1/s1. The quantitative estimate of drug-likeness (QED) is 0.906. The van der Waals surface area contributed by atoms with E-state index in [0.717, 1.165) is 12.1 Å². The highest BCUT2D eigenvalue weighted by Gasteiger charge is 2.30. The highest BCUT2D eigenvalue weighted by atomic mass is 19.4. The lowest BCUT2D eigenvalue weighted by atomic mass is 10.0. The summed E-state index contributed by atoms with van der Waals surface area (Å²) in [6.45, 7) is 0. The van der Waals surface area contributed by atoms with Crippen molar-refractivity contribution < 1.29 is 23.1 Å². The van der Waals surface area contributed by atoms with Gasteiger partial charge in [-0.1, -0.05) is 12.1 Å². The Labute approximate surface area is 103 Å². The molecule has 0 aromatic heterocycles. The summed E-state index contributed by atoms with van der Waals surface area (Å²) in [6.07, 6.45) is -5.65. The van der Waals surface area contributed by atoms with Crippen molar-refractivity contribution in [3.8, 4) is 0 Å². The van der Waals surface area contributed by atoms with Crippen LogP contribution in [0.25, 0.3) is 0 Å². The van der Waals surface area contributed by atoms with Gasteiger partial charge in [-0.25, -0.2) is 0 Å². The molecule has 1 N–H and O–H groups in total. The van der Waals surface area contributed by atoms with Gasteiger partial charge in [0.15, 0.2) is 0 Å². The lowest BCUT2D eigenvalue weighted by molar-refractivity contribution is -0.137. The molecule has 1 amide bonds. The molecule has 18 heavy (non-hydrogen) atoms. The zero-order valence-electron chi connectivity index (χ0n) is 10.0. The maximum Gasteiger partial charge on any atom is 0.416 e. The van der Waals surface area contributed by atoms with Crippen LogP contribution in [0.5, 0.6) is 0 Å². The van der Waals surface area contributed by atoms with Crippen LogP contribution in [-0.2, 0) is 11.0 Å². The zero-order valence-corrected chi connectivity index (χ0v) is 10.0. The number of nitrogens with zero attached hydrogens (tertiary/aromatic N) is 1. The highest BCUT2D eigenvalue weighted by molar-refractivity contribution is 5.76. The molecule has 100 valence electrons. The van der Waals surface area contributed by atoms with Crippen LogP contribution in [0.1, 0.15) is 23.7 Å². The van der Waals surface area contributed by atoms with Crippen LogP contribution in [-0.4, -0.2) is 30.0 Å². The summed E-state index contributed by atoms with van der Waals surface area (Å²) < 4.78 is 36.9. The Morgan fingerprint density at radius 3 is 2.17 bits per heavy atom. The van der Waals surface area contributed by atoms with E-state index in [1.807, 2.05) is 0 Å². The third-order valence-electron chi connectivity index (χ3n) is 2.49. The molecule has 3 nitrogen and oxygen atoms in total. The fourth-order valence-electron chi connectivity index (χ4n) is 1.36. The molecule has 0 spiro atoms. The van der Waals surface area contributed by atoms with E-state index in [2.05, 4.69) is 0 Å². The first kappa shape index (κ1) is 14.5. The Kier molecular flexibility index (Phi) is 4.34. The largest absolute Gasteiger partial charge is 0.416 e. The summed E-state index contributed by atoms with van der Waals surface area (Å²) in [5.74, 6) is -0.289. The van der Waals surface area contributed by atoms with E-state index in [-0.39, 0.29) is 12.3 Å². The van der Waals surface area contributed by atoms with Crippen LogP contribution >= 0.6 is 0 Å². The molecule has 0 bridgehead atoms. The van der Waals surface area contributed by atoms with E-state index in [0.29, 0.717) is 5.56 Å². The number of aliphatic hydroxyl groups is 1. The second-order valence-corrected chi connectivity index (χ2v) is 4.13. The van der Waals surface area contributed by atoms with E-state index in [1.165, 1.54) is 17.0 Å². The van der Waals surface area contributed by atoms with Crippen LogP contribution < -0.4 is 0 Å². The molecule has 0 fully saturated rings. The number of amides is 1. The maximum absolute atomic E-state index is 12.3. The molecule has 0 heterocycles. The van der Waals surface area contributed by atoms with Crippen molar-refractivity contribution in [2.45, 2.75) is 18.7 Å². The van der Waals surface area contributed by atoms with Gasteiger partial charge in [-0.3, -0.25) is 4.79 Å². The molecular formula is C12H14F3NO2. The van der Waals surface area contributed by atoms with Gasteiger partial charge in [-0.2, -0.15) is 13.2 Å². The van der Waals surface area contributed by atoms with E-state index in [9.17, 15) is 23.1 Å². The number of aliphatic hydroxyl groups excluding tert-OH is 1. The Bertz CT molecular complexity index is 412. The molecule has 0 saturated carbocycles. The Morgan fingerprint density at radius 1 is 1.28 bits per heavy atom. The number of rotatable bonds is 3. The lowest BCUT2D eigenvalue weighted by Crippen LogP contribution is -2.23. The van der Waals surface area contributed by atoms with Crippen LogP contribution in [0.2, 0.25) is 0 Å². The van der Waals surface area contributed by atoms with Crippen molar-refractivity contribution >= 4 is 5.91 Å². The molecule has 1 atom stereocenters. The van der Waals surface area contributed by atoms with Gasteiger partial charge in [0.05, 0.1) is 18.1 Å². The molecule has 0 radical (unpaired) electrons. The summed E-state index contributed by atoms with van der Waals surface area (Å²) in [5, 5.41) is 9.70. The van der Waals surface area contributed by atoms with E-state index in [4.69, 9.17) is 0 Å². The van der Waals surface area contributed by atoms with Gasteiger partial charge in [0.25, 0.3) is 0 Å². The first-order valence-electron chi connectivity index (χ1n) is 5.27. The Balaban J connectivity index is 2.76. The van der Waals surface area contributed by atoms with Gasteiger partial charge in [0.2, 0.25) is 5.91 Å². The van der Waals surface area contributed by atoms with Crippen molar-refractivity contribution in [2.24, 2.45) is 0 Å². The minimum atomic E-state index is -4.40. The van der Waals surface area contributed by atoms with Gasteiger partial charge >= 0.3 is 6.18 Å². The second-order valence-electron chi connectivity index (χ2n) is 4.13. The van der Waals surface area contributed by atoms with Crippen LogP contribution in [0.4, 0.5) is 13.2 Å². The van der Waals surface area contributed by atoms with Crippen molar-refractivity contribution in [1.82, 2.24) is 4.90 Å². The first-order chi connectivity index (χ1) is 8.21. The van der Waals surface area contributed by atoms with Gasteiger partial charge < -0.3 is 10.0 Å². The fraction of sp³-hybridized carbons (Fsp3) is 0.417. The first-order valence-corrected chi connectivity index (χ1v) is 5.27. The van der Waals surface area contributed by atoms with Crippen molar-refractivity contribution in [1.29, 1.82) is 0 Å². The Morgan fingerprint density at radius 2 is 1.78 bits per heavy atom. The number of halogens is 3. The minimum Gasteiger partial charge on any atom is -0.388 e. The number of carbonyl (C=O) groups is 1. The number of carbonyl (C=O) groups excluding carboxylic acids is 1. The predicted octanol–water partition coefficient (Wildman–Crippen LogP) is 2.22. The van der Waals surface area contributed by atoms with Gasteiger partial charge in [-0.05, 0) is 17.7 Å². The maximum atomic E-state index is 12.3. The smallest absolute Gasteiger partial charge is 0.388 e. The predicted molar refractivity (Wildman–Crippen MR) is 59.7 cm³/mol. The van der Waals surface area contributed by atoms with Crippen LogP contribution in [0, 0.1) is 0 Å². The molecule has 1 aromatic carbocycles. The van der Waals surface area contributed by atoms with E-state index in [1.54, 1.807) is 14.1 Å². The molecular weight excluding hydrogens is 247 g/mol. The van der Waals surface area contributed by atoms with Crippen LogP contribution in [0.3, 0.4) is 0 Å². The van der Waals surface area contributed by atoms with E-state index >= 15 is 0 Å². The summed E-state index contributed by atoms with van der Waals surface area (Å²) >= 11 is 0. The van der Waals surface area contributed by atoms with Gasteiger partial charge in [0, 0.05) is 14.1 Å². The van der Waals surface area contributed by atoms with Gasteiger partial charge in [0.1, 0.15) is 0 Å². The highest BCUT2D eigenvalue weighted by Crippen LogP contribution is 2.30. The third-order valence-corrected chi connectivity index (χ3v) is 2.49. The summed E-state index contributed by atoms with van der Waals surface area (Å²) in [7, 11) is 3.09. The molecule has 6 heteroatoms. The van der Waals surface area contributed by atoms with Crippen molar-refractivity contribution in [2.75, 3.05) is 14.1 Å². The molecule has 0 aliphatic carbocycles. The molecule has 0 aliphatic heterocycles. The molecule has 0 unspecified atom stereocenters. The molecule has 0 aliphatic rings.